The SMILES string of the molecule is Cc1nc(C(=O)N2CCCCC2CCC(=O)O)nn1-c1ccc(F)cc1. The normalized spacial score (nSPS) is 17.3. The molecule has 0 spiro atoms. The molecule has 0 radical (unpaired) electrons. The number of hydrogen-bond acceptors (Lipinski definition) is 4. The molecule has 8 heteroatoms. The van der Waals surface area contributed by atoms with Crippen LogP contribution < -0.4 is 0 Å². The number of aryl methyl sites for hydroxylation is 1. The van der Waals surface area contributed by atoms with Crippen LogP contribution in [0.5, 0.6) is 0 Å². The van der Waals surface area contributed by atoms with Crippen molar-refractivity contribution >= 4 is 11.9 Å². The highest BCUT2D eigenvalue weighted by Gasteiger charge is 2.30. The molecule has 1 aliphatic heterocycles. The van der Waals surface area contributed by atoms with E-state index in [2.05, 4.69) is 10.1 Å². The fraction of sp³-hybridized carbons (Fsp3) is 0.444. The number of piperidine rings is 1. The fourth-order valence-electron chi connectivity index (χ4n) is 3.29. The maximum absolute atomic E-state index is 13.1. The molecule has 2 aromatic rings. The average Bonchev–Trinajstić information content (AvgIpc) is 3.02. The smallest absolute Gasteiger partial charge is 0.303 e. The Hall–Kier alpha value is -2.77. The van der Waals surface area contributed by atoms with E-state index in [0.29, 0.717) is 24.5 Å². The van der Waals surface area contributed by atoms with E-state index in [1.807, 2.05) is 0 Å². The van der Waals surface area contributed by atoms with Crippen LogP contribution in [0.3, 0.4) is 0 Å². The lowest BCUT2D eigenvalue weighted by Crippen LogP contribution is -2.44. The zero-order valence-electron chi connectivity index (χ0n) is 14.6. The highest BCUT2D eigenvalue weighted by atomic mass is 19.1. The van der Waals surface area contributed by atoms with Gasteiger partial charge in [0, 0.05) is 19.0 Å². The van der Waals surface area contributed by atoms with E-state index < -0.39 is 5.97 Å². The summed E-state index contributed by atoms with van der Waals surface area (Å²) in [7, 11) is 0. The largest absolute Gasteiger partial charge is 0.481 e. The van der Waals surface area contributed by atoms with Gasteiger partial charge in [-0.3, -0.25) is 9.59 Å². The molecule has 1 saturated heterocycles. The highest BCUT2D eigenvalue weighted by molar-refractivity contribution is 5.90. The second-order valence-electron chi connectivity index (χ2n) is 6.45. The highest BCUT2D eigenvalue weighted by Crippen LogP contribution is 2.23. The first kappa shape index (κ1) is 18.0. The summed E-state index contributed by atoms with van der Waals surface area (Å²) in [6, 6.07) is 5.68. The number of benzene rings is 1. The molecule has 1 unspecified atom stereocenters. The molecule has 1 N–H and O–H groups in total. The standard InChI is InChI=1S/C18H21FN4O3/c1-12-20-17(21-23(12)15-7-5-13(19)6-8-15)18(26)22-11-3-2-4-14(22)9-10-16(24)25/h5-8,14H,2-4,9-11H2,1H3,(H,24,25). The summed E-state index contributed by atoms with van der Waals surface area (Å²) in [4.78, 5) is 29.7. The number of carbonyl (C=O) groups excluding carboxylic acids is 1. The van der Waals surface area contributed by atoms with Gasteiger partial charge >= 0.3 is 5.97 Å². The molecular weight excluding hydrogens is 339 g/mol. The summed E-state index contributed by atoms with van der Waals surface area (Å²) in [5.41, 5.74) is 0.622. The summed E-state index contributed by atoms with van der Waals surface area (Å²) in [6.45, 7) is 2.30. The Morgan fingerprint density at radius 2 is 2.00 bits per heavy atom. The molecule has 1 aromatic carbocycles. The molecule has 26 heavy (non-hydrogen) atoms. The molecule has 0 aliphatic carbocycles. The third kappa shape index (κ3) is 3.89. The molecule has 1 aliphatic rings. The summed E-state index contributed by atoms with van der Waals surface area (Å²) >= 11 is 0. The Kier molecular flexibility index (Phi) is 5.29. The van der Waals surface area contributed by atoms with Crippen LogP contribution in [0.2, 0.25) is 0 Å². The Labute approximate surface area is 150 Å². The zero-order chi connectivity index (χ0) is 18.7. The third-order valence-electron chi connectivity index (χ3n) is 4.61. The number of carboxylic acids is 1. The molecule has 3 rings (SSSR count). The van der Waals surface area contributed by atoms with Gasteiger partial charge in [-0.25, -0.2) is 14.1 Å². The first-order valence-corrected chi connectivity index (χ1v) is 8.68. The van der Waals surface area contributed by atoms with Crippen LogP contribution in [0.25, 0.3) is 5.69 Å². The van der Waals surface area contributed by atoms with Crippen LogP contribution >= 0.6 is 0 Å². The van der Waals surface area contributed by atoms with Gasteiger partial charge in [0.2, 0.25) is 5.82 Å². The molecule has 1 amide bonds. The minimum atomic E-state index is -0.863. The second kappa shape index (κ2) is 7.63. The monoisotopic (exact) mass is 360 g/mol. The Bertz CT molecular complexity index is 803. The molecule has 138 valence electrons. The summed E-state index contributed by atoms with van der Waals surface area (Å²) in [5.74, 6) is -0.896. The van der Waals surface area contributed by atoms with E-state index in [0.717, 1.165) is 19.3 Å². The van der Waals surface area contributed by atoms with Gasteiger partial charge in [-0.05, 0) is 56.9 Å². The zero-order valence-corrected chi connectivity index (χ0v) is 14.6. The van der Waals surface area contributed by atoms with Gasteiger partial charge in [-0.1, -0.05) is 0 Å². The van der Waals surface area contributed by atoms with E-state index in [4.69, 9.17) is 5.11 Å². The molecule has 1 fully saturated rings. The van der Waals surface area contributed by atoms with Crippen molar-refractivity contribution in [1.82, 2.24) is 19.7 Å². The van der Waals surface area contributed by atoms with Crippen LogP contribution in [0.1, 0.15) is 48.5 Å². The first-order chi connectivity index (χ1) is 12.5. The topological polar surface area (TPSA) is 88.3 Å². The lowest BCUT2D eigenvalue weighted by atomic mass is 9.98. The summed E-state index contributed by atoms with van der Waals surface area (Å²) < 4.78 is 14.6. The Balaban J connectivity index is 1.81. The fourth-order valence-corrected chi connectivity index (χ4v) is 3.29. The van der Waals surface area contributed by atoms with Crippen LogP contribution in [0.4, 0.5) is 4.39 Å². The van der Waals surface area contributed by atoms with Gasteiger partial charge in [0.05, 0.1) is 5.69 Å². The number of aromatic nitrogens is 3. The number of likely N-dealkylation sites (tertiary alicyclic amines) is 1. The predicted octanol–water partition coefficient (Wildman–Crippen LogP) is 2.57. The molecule has 0 saturated carbocycles. The van der Waals surface area contributed by atoms with Gasteiger partial charge in [0.15, 0.2) is 0 Å². The molecular formula is C18H21FN4O3. The van der Waals surface area contributed by atoms with Crippen molar-refractivity contribution in [2.45, 2.75) is 45.1 Å². The van der Waals surface area contributed by atoms with Crippen molar-refractivity contribution in [2.24, 2.45) is 0 Å². The van der Waals surface area contributed by atoms with Gasteiger partial charge in [-0.2, -0.15) is 0 Å². The van der Waals surface area contributed by atoms with Crippen molar-refractivity contribution < 1.29 is 19.1 Å². The number of nitrogens with zero attached hydrogens (tertiary/aromatic N) is 4. The molecule has 1 aromatic heterocycles. The van der Waals surface area contributed by atoms with Crippen LogP contribution in [0.15, 0.2) is 24.3 Å². The maximum atomic E-state index is 13.1. The molecule has 1 atom stereocenters. The molecule has 0 bridgehead atoms. The number of halogens is 1. The van der Waals surface area contributed by atoms with Crippen LogP contribution in [-0.2, 0) is 4.79 Å². The quantitative estimate of drug-likeness (QED) is 0.885. The maximum Gasteiger partial charge on any atom is 0.303 e. The number of aliphatic carboxylic acids is 1. The van der Waals surface area contributed by atoms with Crippen molar-refractivity contribution in [1.29, 1.82) is 0 Å². The lowest BCUT2D eigenvalue weighted by Gasteiger charge is -2.34. The van der Waals surface area contributed by atoms with Crippen molar-refractivity contribution in [3.8, 4) is 5.69 Å². The number of hydrogen-bond donors (Lipinski definition) is 1. The van der Waals surface area contributed by atoms with E-state index in [1.54, 1.807) is 24.0 Å². The van der Waals surface area contributed by atoms with Gasteiger partial charge in [-0.15, -0.1) is 5.10 Å². The van der Waals surface area contributed by atoms with E-state index in [1.165, 1.54) is 16.8 Å². The minimum absolute atomic E-state index is 0.0327. The number of rotatable bonds is 5. The van der Waals surface area contributed by atoms with E-state index in [-0.39, 0.29) is 30.0 Å². The van der Waals surface area contributed by atoms with E-state index in [9.17, 15) is 14.0 Å². The summed E-state index contributed by atoms with van der Waals surface area (Å²) in [6.07, 6.45) is 3.11. The van der Waals surface area contributed by atoms with Crippen molar-refractivity contribution in [2.75, 3.05) is 6.54 Å². The third-order valence-corrected chi connectivity index (χ3v) is 4.61. The van der Waals surface area contributed by atoms with Gasteiger partial charge < -0.3 is 10.0 Å². The van der Waals surface area contributed by atoms with E-state index >= 15 is 0 Å². The number of carboxylic acid groups (broad SMARTS) is 1. The minimum Gasteiger partial charge on any atom is -0.481 e. The number of carbonyl (C=O) groups is 2. The second-order valence-corrected chi connectivity index (χ2v) is 6.45. The Morgan fingerprint density at radius 1 is 1.27 bits per heavy atom. The lowest BCUT2D eigenvalue weighted by molar-refractivity contribution is -0.137. The number of amides is 1. The first-order valence-electron chi connectivity index (χ1n) is 8.68. The average molecular weight is 360 g/mol. The van der Waals surface area contributed by atoms with Gasteiger partial charge in [0.25, 0.3) is 5.91 Å². The van der Waals surface area contributed by atoms with Gasteiger partial charge in [0.1, 0.15) is 11.6 Å². The molecule has 2 heterocycles. The summed E-state index contributed by atoms with van der Waals surface area (Å²) in [5, 5.41) is 13.2. The molecule has 7 nitrogen and oxygen atoms in total. The van der Waals surface area contributed by atoms with Crippen LogP contribution in [-0.4, -0.2) is 49.2 Å². The predicted molar refractivity (Wildman–Crippen MR) is 91.6 cm³/mol. The van der Waals surface area contributed by atoms with Crippen molar-refractivity contribution in [3.63, 3.8) is 0 Å². The Morgan fingerprint density at radius 3 is 2.69 bits per heavy atom. The van der Waals surface area contributed by atoms with Crippen molar-refractivity contribution in [3.05, 3.63) is 41.7 Å². The van der Waals surface area contributed by atoms with Crippen LogP contribution in [0, 0.1) is 12.7 Å².